The summed E-state index contributed by atoms with van der Waals surface area (Å²) < 4.78 is 0. The zero-order chi connectivity index (χ0) is 14.7. The van der Waals surface area contributed by atoms with Gasteiger partial charge in [-0.15, -0.1) is 0 Å². The Morgan fingerprint density at radius 2 is 2.10 bits per heavy atom. The third kappa shape index (κ3) is 3.62. The number of piperidine rings is 3. The molecule has 3 nitrogen and oxygen atoms in total. The van der Waals surface area contributed by atoms with Crippen LogP contribution in [0.1, 0.15) is 51.9 Å². The molecular formula is C18H35N3. The van der Waals surface area contributed by atoms with Crippen LogP contribution in [0.3, 0.4) is 0 Å². The van der Waals surface area contributed by atoms with E-state index in [1.165, 1.54) is 84.2 Å². The van der Waals surface area contributed by atoms with Gasteiger partial charge in [0.05, 0.1) is 0 Å². The molecular weight excluding hydrogens is 258 g/mol. The molecule has 3 heteroatoms. The lowest BCUT2D eigenvalue weighted by Crippen LogP contribution is -2.56. The Hall–Kier alpha value is -0.120. The van der Waals surface area contributed by atoms with Crippen molar-refractivity contribution in [2.45, 2.75) is 57.9 Å². The van der Waals surface area contributed by atoms with Gasteiger partial charge in [0.1, 0.15) is 0 Å². The van der Waals surface area contributed by atoms with E-state index in [0.717, 1.165) is 12.0 Å². The summed E-state index contributed by atoms with van der Waals surface area (Å²) in [5.74, 6) is 0.938. The monoisotopic (exact) mass is 293 g/mol. The van der Waals surface area contributed by atoms with Crippen LogP contribution in [0.25, 0.3) is 0 Å². The van der Waals surface area contributed by atoms with E-state index in [0.29, 0.717) is 5.41 Å². The maximum absolute atomic E-state index is 3.68. The predicted molar refractivity (Wildman–Crippen MR) is 89.6 cm³/mol. The molecule has 0 aliphatic carbocycles. The Morgan fingerprint density at radius 3 is 2.86 bits per heavy atom. The molecule has 0 amide bonds. The Morgan fingerprint density at radius 1 is 1.19 bits per heavy atom. The quantitative estimate of drug-likeness (QED) is 0.859. The average molecular weight is 293 g/mol. The highest BCUT2D eigenvalue weighted by atomic mass is 15.2. The van der Waals surface area contributed by atoms with Crippen LogP contribution in [0.5, 0.6) is 0 Å². The fraction of sp³-hybridized carbons (Fsp3) is 1.00. The lowest BCUT2D eigenvalue weighted by atomic mass is 9.75. The standard InChI is InChI=1S/C18H35N3/c1-3-8-18(9-5-10-19-14-18)15-21-12-7-17-16(13-21)6-4-11-20(17)2/h16-17,19H,3-15H2,1-2H3. The van der Waals surface area contributed by atoms with Gasteiger partial charge in [-0.25, -0.2) is 0 Å². The van der Waals surface area contributed by atoms with Crippen LogP contribution in [0.15, 0.2) is 0 Å². The fourth-order valence-electron chi connectivity index (χ4n) is 5.33. The van der Waals surface area contributed by atoms with Crippen LogP contribution >= 0.6 is 0 Å². The van der Waals surface area contributed by atoms with Gasteiger partial charge in [-0.05, 0) is 76.5 Å². The molecule has 0 aromatic carbocycles. The minimum atomic E-state index is 0.570. The second-order valence-corrected chi connectivity index (χ2v) is 8.00. The molecule has 3 atom stereocenters. The van der Waals surface area contributed by atoms with E-state index in [-0.39, 0.29) is 0 Å². The summed E-state index contributed by atoms with van der Waals surface area (Å²) in [5.41, 5.74) is 0.570. The maximum atomic E-state index is 3.68. The van der Waals surface area contributed by atoms with Crippen molar-refractivity contribution in [2.75, 3.05) is 46.3 Å². The van der Waals surface area contributed by atoms with Crippen molar-refractivity contribution in [3.63, 3.8) is 0 Å². The Labute approximate surface area is 131 Å². The summed E-state index contributed by atoms with van der Waals surface area (Å²) in [6.07, 6.45) is 9.84. The van der Waals surface area contributed by atoms with Gasteiger partial charge in [-0.3, -0.25) is 0 Å². The molecule has 21 heavy (non-hydrogen) atoms. The van der Waals surface area contributed by atoms with E-state index in [9.17, 15) is 0 Å². The van der Waals surface area contributed by atoms with E-state index in [1.807, 2.05) is 0 Å². The summed E-state index contributed by atoms with van der Waals surface area (Å²) in [6, 6.07) is 0.876. The van der Waals surface area contributed by atoms with Gasteiger partial charge in [0, 0.05) is 25.7 Å². The largest absolute Gasteiger partial charge is 0.316 e. The third-order valence-corrected chi connectivity index (χ3v) is 6.33. The van der Waals surface area contributed by atoms with E-state index in [2.05, 4.69) is 29.1 Å². The SMILES string of the molecule is CCCC1(CN2CCC3C(CCCN3C)C2)CCCNC1. The van der Waals surface area contributed by atoms with E-state index in [1.54, 1.807) is 0 Å². The highest BCUT2D eigenvalue weighted by molar-refractivity contribution is 4.93. The lowest BCUT2D eigenvalue weighted by molar-refractivity contribution is 0.0116. The van der Waals surface area contributed by atoms with Gasteiger partial charge in [0.15, 0.2) is 0 Å². The van der Waals surface area contributed by atoms with Gasteiger partial charge in [-0.1, -0.05) is 13.3 Å². The molecule has 3 rings (SSSR count). The summed E-state index contributed by atoms with van der Waals surface area (Å²) in [6.45, 7) is 10.2. The number of nitrogens with one attached hydrogen (secondary N) is 1. The molecule has 0 radical (unpaired) electrons. The maximum Gasteiger partial charge on any atom is 0.0145 e. The van der Waals surface area contributed by atoms with Crippen molar-refractivity contribution in [2.24, 2.45) is 11.3 Å². The number of nitrogens with zero attached hydrogens (tertiary/aromatic N) is 2. The van der Waals surface area contributed by atoms with Crippen molar-refractivity contribution >= 4 is 0 Å². The molecule has 3 heterocycles. The van der Waals surface area contributed by atoms with E-state index in [4.69, 9.17) is 0 Å². The van der Waals surface area contributed by atoms with Gasteiger partial charge < -0.3 is 15.1 Å². The highest BCUT2D eigenvalue weighted by Crippen LogP contribution is 2.36. The Kier molecular flexibility index (Phi) is 5.23. The van der Waals surface area contributed by atoms with Crippen LogP contribution in [0.2, 0.25) is 0 Å². The first-order valence-corrected chi connectivity index (χ1v) is 9.36. The Balaban J connectivity index is 1.59. The third-order valence-electron chi connectivity index (χ3n) is 6.33. The molecule has 122 valence electrons. The smallest absolute Gasteiger partial charge is 0.0145 e. The van der Waals surface area contributed by atoms with Crippen LogP contribution in [-0.4, -0.2) is 62.2 Å². The second kappa shape index (κ2) is 6.97. The van der Waals surface area contributed by atoms with Crippen LogP contribution in [-0.2, 0) is 0 Å². The summed E-state index contributed by atoms with van der Waals surface area (Å²) in [4.78, 5) is 5.46. The number of hydrogen-bond donors (Lipinski definition) is 1. The first kappa shape index (κ1) is 15.8. The molecule has 3 aliphatic heterocycles. The van der Waals surface area contributed by atoms with Gasteiger partial charge in [0.25, 0.3) is 0 Å². The minimum absolute atomic E-state index is 0.570. The average Bonchev–Trinajstić information content (AvgIpc) is 2.48. The van der Waals surface area contributed by atoms with Crippen molar-refractivity contribution in [1.29, 1.82) is 0 Å². The Bertz CT molecular complexity index is 319. The number of likely N-dealkylation sites (tertiary alicyclic amines) is 2. The van der Waals surface area contributed by atoms with Crippen LogP contribution in [0.4, 0.5) is 0 Å². The summed E-state index contributed by atoms with van der Waals surface area (Å²) >= 11 is 0. The second-order valence-electron chi connectivity index (χ2n) is 8.00. The molecule has 0 spiro atoms. The molecule has 3 fully saturated rings. The molecule has 0 saturated carbocycles. The molecule has 3 aliphatic rings. The number of hydrogen-bond acceptors (Lipinski definition) is 3. The van der Waals surface area contributed by atoms with Gasteiger partial charge >= 0.3 is 0 Å². The van der Waals surface area contributed by atoms with Gasteiger partial charge in [0.2, 0.25) is 0 Å². The number of rotatable bonds is 4. The predicted octanol–water partition coefficient (Wildman–Crippen LogP) is 2.57. The molecule has 0 aromatic rings. The van der Waals surface area contributed by atoms with E-state index >= 15 is 0 Å². The molecule has 1 N–H and O–H groups in total. The van der Waals surface area contributed by atoms with Crippen LogP contribution < -0.4 is 5.32 Å². The zero-order valence-electron chi connectivity index (χ0n) is 14.2. The summed E-state index contributed by atoms with van der Waals surface area (Å²) in [5, 5.41) is 3.68. The molecule has 0 aromatic heterocycles. The van der Waals surface area contributed by atoms with Crippen molar-refractivity contribution in [3.8, 4) is 0 Å². The summed E-state index contributed by atoms with van der Waals surface area (Å²) in [7, 11) is 2.34. The first-order valence-electron chi connectivity index (χ1n) is 9.36. The van der Waals surface area contributed by atoms with Crippen molar-refractivity contribution < 1.29 is 0 Å². The van der Waals surface area contributed by atoms with Crippen molar-refractivity contribution in [1.82, 2.24) is 15.1 Å². The normalized spacial score (nSPS) is 39.1. The minimum Gasteiger partial charge on any atom is -0.316 e. The van der Waals surface area contributed by atoms with Crippen LogP contribution in [0, 0.1) is 11.3 Å². The molecule has 3 saturated heterocycles. The lowest BCUT2D eigenvalue weighted by Gasteiger charge is -2.49. The molecule has 0 bridgehead atoms. The molecule has 3 unspecified atom stereocenters. The number of fused-ring (bicyclic) bond motifs is 1. The topological polar surface area (TPSA) is 18.5 Å². The fourth-order valence-corrected chi connectivity index (χ4v) is 5.33. The van der Waals surface area contributed by atoms with Gasteiger partial charge in [-0.2, -0.15) is 0 Å². The van der Waals surface area contributed by atoms with E-state index < -0.39 is 0 Å². The van der Waals surface area contributed by atoms with Crippen molar-refractivity contribution in [3.05, 3.63) is 0 Å². The zero-order valence-corrected chi connectivity index (χ0v) is 14.2. The highest BCUT2D eigenvalue weighted by Gasteiger charge is 2.38. The first-order chi connectivity index (χ1) is 10.2.